The van der Waals surface area contributed by atoms with E-state index < -0.39 is 11.4 Å². The fourth-order valence-electron chi connectivity index (χ4n) is 2.31. The second-order valence-electron chi connectivity index (χ2n) is 5.39. The molecule has 1 saturated heterocycles. The van der Waals surface area contributed by atoms with Crippen LogP contribution in [0.15, 0.2) is 18.2 Å². The molecule has 1 aliphatic heterocycles. The summed E-state index contributed by atoms with van der Waals surface area (Å²) in [4.78, 5) is 13.4. The molecule has 104 valence electrons. The van der Waals surface area contributed by atoms with Crippen molar-refractivity contribution in [2.75, 3.05) is 13.1 Å². The average Bonchev–Trinajstić information content (AvgIpc) is 2.37. The predicted molar refractivity (Wildman–Crippen MR) is 76.7 cm³/mol. The van der Waals surface area contributed by atoms with Crippen LogP contribution in [0.25, 0.3) is 0 Å². The summed E-state index contributed by atoms with van der Waals surface area (Å²) in [6.45, 7) is 4.20. The number of hydrogen-bond acceptors (Lipinski definition) is 2. The maximum atomic E-state index is 11.2. The standard InChI is InChI=1S/C14H17Cl2NO2/c1-14(13(18)19)4-6-17(7-5-14)9-10-2-3-11(15)12(16)8-10/h2-3,8H,4-7,9H2,1H3,(H,18,19). The maximum Gasteiger partial charge on any atom is 0.309 e. The first-order chi connectivity index (χ1) is 8.90. The van der Waals surface area contributed by atoms with Gasteiger partial charge in [0.15, 0.2) is 0 Å². The van der Waals surface area contributed by atoms with Crippen molar-refractivity contribution in [2.45, 2.75) is 26.3 Å². The number of halogens is 2. The molecule has 0 aliphatic carbocycles. The van der Waals surface area contributed by atoms with Gasteiger partial charge in [0.25, 0.3) is 0 Å². The number of hydrogen-bond donors (Lipinski definition) is 1. The summed E-state index contributed by atoms with van der Waals surface area (Å²) in [5.74, 6) is -0.693. The van der Waals surface area contributed by atoms with Crippen LogP contribution in [0.4, 0.5) is 0 Å². The predicted octanol–water partition coefficient (Wildman–Crippen LogP) is 3.68. The third-order valence-electron chi connectivity index (χ3n) is 3.87. The van der Waals surface area contributed by atoms with E-state index in [4.69, 9.17) is 23.2 Å². The SMILES string of the molecule is CC1(C(=O)O)CCN(Cc2ccc(Cl)c(Cl)c2)CC1. The first kappa shape index (κ1) is 14.6. The zero-order valence-corrected chi connectivity index (χ0v) is 12.3. The van der Waals surface area contributed by atoms with Crippen LogP contribution in [0.1, 0.15) is 25.3 Å². The Hall–Kier alpha value is -0.770. The summed E-state index contributed by atoms with van der Waals surface area (Å²) in [7, 11) is 0. The Balaban J connectivity index is 1.95. The molecule has 1 aliphatic rings. The summed E-state index contributed by atoms with van der Waals surface area (Å²) in [6, 6.07) is 5.62. The lowest BCUT2D eigenvalue weighted by Gasteiger charge is -2.36. The number of carboxylic acid groups (broad SMARTS) is 1. The van der Waals surface area contributed by atoms with E-state index in [0.29, 0.717) is 22.9 Å². The van der Waals surface area contributed by atoms with Gasteiger partial charge in [-0.25, -0.2) is 0 Å². The fourth-order valence-corrected chi connectivity index (χ4v) is 2.64. The third-order valence-corrected chi connectivity index (χ3v) is 4.61. The molecule has 3 nitrogen and oxygen atoms in total. The highest BCUT2D eigenvalue weighted by molar-refractivity contribution is 6.42. The first-order valence-electron chi connectivity index (χ1n) is 6.30. The number of aliphatic carboxylic acids is 1. The smallest absolute Gasteiger partial charge is 0.309 e. The second-order valence-corrected chi connectivity index (χ2v) is 6.20. The molecule has 1 aromatic rings. The molecule has 1 fully saturated rings. The monoisotopic (exact) mass is 301 g/mol. The molecule has 19 heavy (non-hydrogen) atoms. The minimum absolute atomic E-state index is 0.558. The number of carbonyl (C=O) groups is 1. The Morgan fingerprint density at radius 1 is 1.32 bits per heavy atom. The van der Waals surface area contributed by atoms with Crippen molar-refractivity contribution in [2.24, 2.45) is 5.41 Å². The lowest BCUT2D eigenvalue weighted by molar-refractivity contribution is -0.150. The van der Waals surface area contributed by atoms with Gasteiger partial charge in [-0.1, -0.05) is 29.3 Å². The lowest BCUT2D eigenvalue weighted by atomic mass is 9.80. The minimum atomic E-state index is -0.693. The van der Waals surface area contributed by atoms with Crippen molar-refractivity contribution >= 4 is 29.2 Å². The summed E-state index contributed by atoms with van der Waals surface area (Å²) in [5, 5.41) is 10.3. The van der Waals surface area contributed by atoms with E-state index in [0.717, 1.165) is 25.2 Å². The van der Waals surface area contributed by atoms with Crippen LogP contribution in [-0.4, -0.2) is 29.1 Å². The normalized spacial score (nSPS) is 19.3. The van der Waals surface area contributed by atoms with Crippen LogP contribution in [0.5, 0.6) is 0 Å². The van der Waals surface area contributed by atoms with E-state index in [1.165, 1.54) is 0 Å². The number of piperidine rings is 1. The van der Waals surface area contributed by atoms with E-state index in [9.17, 15) is 9.90 Å². The van der Waals surface area contributed by atoms with Crippen molar-refractivity contribution in [3.63, 3.8) is 0 Å². The van der Waals surface area contributed by atoms with Crippen molar-refractivity contribution in [3.8, 4) is 0 Å². The minimum Gasteiger partial charge on any atom is -0.481 e. The molecule has 2 rings (SSSR count). The van der Waals surface area contributed by atoms with Gasteiger partial charge in [-0.15, -0.1) is 0 Å². The van der Waals surface area contributed by atoms with E-state index in [1.54, 1.807) is 6.07 Å². The molecule has 0 radical (unpaired) electrons. The quantitative estimate of drug-likeness (QED) is 0.926. The maximum absolute atomic E-state index is 11.2. The fraction of sp³-hybridized carbons (Fsp3) is 0.500. The Labute approximate surface area is 123 Å². The summed E-state index contributed by atoms with van der Waals surface area (Å²) in [6.07, 6.45) is 1.37. The van der Waals surface area contributed by atoms with Gasteiger partial charge in [0, 0.05) is 6.54 Å². The number of likely N-dealkylation sites (tertiary alicyclic amines) is 1. The van der Waals surface area contributed by atoms with E-state index in [1.807, 2.05) is 19.1 Å². The molecule has 0 saturated carbocycles. The molecule has 1 heterocycles. The Morgan fingerprint density at radius 3 is 2.47 bits per heavy atom. The second kappa shape index (κ2) is 5.70. The molecule has 1 N–H and O–H groups in total. The highest BCUT2D eigenvalue weighted by Gasteiger charge is 2.36. The molecule has 5 heteroatoms. The molecule has 0 amide bonds. The molecule has 1 aromatic carbocycles. The number of carboxylic acids is 1. The van der Waals surface area contributed by atoms with Crippen LogP contribution in [0, 0.1) is 5.41 Å². The van der Waals surface area contributed by atoms with Crippen molar-refractivity contribution in [1.82, 2.24) is 4.90 Å². The molecule has 0 spiro atoms. The lowest BCUT2D eigenvalue weighted by Crippen LogP contribution is -2.42. The van der Waals surface area contributed by atoms with Gasteiger partial charge in [-0.2, -0.15) is 0 Å². The summed E-state index contributed by atoms with van der Waals surface area (Å²) >= 11 is 11.9. The first-order valence-corrected chi connectivity index (χ1v) is 7.06. The molecule has 0 atom stereocenters. The third kappa shape index (κ3) is 3.41. The highest BCUT2D eigenvalue weighted by Crippen LogP contribution is 2.32. The van der Waals surface area contributed by atoms with Crippen LogP contribution in [0.3, 0.4) is 0 Å². The van der Waals surface area contributed by atoms with Crippen LogP contribution in [0.2, 0.25) is 10.0 Å². The van der Waals surface area contributed by atoms with Gasteiger partial charge in [0.1, 0.15) is 0 Å². The molecular weight excluding hydrogens is 285 g/mol. The van der Waals surface area contributed by atoms with Gasteiger partial charge in [-0.3, -0.25) is 9.69 Å². The van der Waals surface area contributed by atoms with Crippen molar-refractivity contribution < 1.29 is 9.90 Å². The van der Waals surface area contributed by atoms with Crippen LogP contribution >= 0.6 is 23.2 Å². The Kier molecular flexibility index (Phi) is 4.39. The van der Waals surface area contributed by atoms with Crippen LogP contribution < -0.4 is 0 Å². The van der Waals surface area contributed by atoms with Gasteiger partial charge >= 0.3 is 5.97 Å². The molecule has 0 aromatic heterocycles. The van der Waals surface area contributed by atoms with Crippen molar-refractivity contribution in [3.05, 3.63) is 33.8 Å². The largest absolute Gasteiger partial charge is 0.481 e. The van der Waals surface area contributed by atoms with E-state index in [2.05, 4.69) is 4.90 Å². The summed E-state index contributed by atoms with van der Waals surface area (Å²) in [5.41, 5.74) is 0.530. The number of benzene rings is 1. The Bertz CT molecular complexity index is 482. The van der Waals surface area contributed by atoms with Gasteiger partial charge in [-0.05, 0) is 50.6 Å². The van der Waals surface area contributed by atoms with Gasteiger partial charge in [0.2, 0.25) is 0 Å². The zero-order valence-electron chi connectivity index (χ0n) is 10.8. The van der Waals surface area contributed by atoms with Gasteiger partial charge < -0.3 is 5.11 Å². The summed E-state index contributed by atoms with van der Waals surface area (Å²) < 4.78 is 0. The molecule has 0 bridgehead atoms. The highest BCUT2D eigenvalue weighted by atomic mass is 35.5. The molecular formula is C14H17Cl2NO2. The van der Waals surface area contributed by atoms with Crippen LogP contribution in [-0.2, 0) is 11.3 Å². The van der Waals surface area contributed by atoms with Gasteiger partial charge in [0.05, 0.1) is 15.5 Å². The number of rotatable bonds is 3. The Morgan fingerprint density at radius 2 is 1.95 bits per heavy atom. The number of nitrogens with zero attached hydrogens (tertiary/aromatic N) is 1. The van der Waals surface area contributed by atoms with E-state index in [-0.39, 0.29) is 0 Å². The average molecular weight is 302 g/mol. The van der Waals surface area contributed by atoms with Crippen molar-refractivity contribution in [1.29, 1.82) is 0 Å². The molecule has 0 unspecified atom stereocenters. The topological polar surface area (TPSA) is 40.5 Å². The zero-order chi connectivity index (χ0) is 14.0. The van der Waals surface area contributed by atoms with E-state index >= 15 is 0 Å².